The van der Waals surface area contributed by atoms with E-state index in [1.165, 1.54) is 6.42 Å². The first-order valence-electron chi connectivity index (χ1n) is 11.9. The van der Waals surface area contributed by atoms with Gasteiger partial charge in [-0.2, -0.15) is 0 Å². The molecule has 1 unspecified atom stereocenters. The lowest BCUT2D eigenvalue weighted by Crippen LogP contribution is -2.48. The van der Waals surface area contributed by atoms with Gasteiger partial charge in [-0.1, -0.05) is 0 Å². The van der Waals surface area contributed by atoms with Crippen LogP contribution in [0, 0.1) is 0 Å². The summed E-state index contributed by atoms with van der Waals surface area (Å²) in [6.45, 7) is 5.40. The Balaban J connectivity index is 1.42. The number of aliphatic hydroxyl groups excluding tert-OH is 1. The number of carbonyl (C=O) groups excluding carboxylic acids is 1. The maximum absolute atomic E-state index is 12.1. The first kappa shape index (κ1) is 22.4. The smallest absolute Gasteiger partial charge is 0.241 e. The van der Waals surface area contributed by atoms with Gasteiger partial charge in [-0.05, 0) is 44.4 Å². The minimum absolute atomic E-state index is 0.0410. The SMILES string of the molecule is CC(O)Cc1cc2cnc(Nc3ccc(N4CCNCC4=O)cn3)nc2c(N2CCCCC2)n1. The van der Waals surface area contributed by atoms with Crippen LogP contribution in [-0.2, 0) is 11.2 Å². The van der Waals surface area contributed by atoms with Gasteiger partial charge >= 0.3 is 0 Å². The van der Waals surface area contributed by atoms with Gasteiger partial charge in [-0.25, -0.2) is 19.9 Å². The summed E-state index contributed by atoms with van der Waals surface area (Å²) in [7, 11) is 0. The van der Waals surface area contributed by atoms with Crippen molar-refractivity contribution in [3.8, 4) is 0 Å². The second-order valence-electron chi connectivity index (χ2n) is 8.92. The summed E-state index contributed by atoms with van der Waals surface area (Å²) in [5, 5.41) is 17.0. The molecular weight excluding hydrogens is 432 g/mol. The molecule has 1 atom stereocenters. The number of amides is 1. The Bertz CT molecular complexity index is 1160. The van der Waals surface area contributed by atoms with Crippen molar-refractivity contribution in [2.24, 2.45) is 0 Å². The Morgan fingerprint density at radius 1 is 1.12 bits per heavy atom. The number of hydrogen-bond acceptors (Lipinski definition) is 9. The third kappa shape index (κ3) is 4.92. The van der Waals surface area contributed by atoms with Crippen LogP contribution in [0.5, 0.6) is 0 Å². The van der Waals surface area contributed by atoms with Crippen molar-refractivity contribution < 1.29 is 9.90 Å². The maximum Gasteiger partial charge on any atom is 0.241 e. The standard InChI is InChI=1S/C24H30N8O2/c1-16(33)11-18-12-17-13-27-24(30-22(17)23(28-18)31-8-3-2-4-9-31)29-20-6-5-19(14-26-20)32-10-7-25-15-21(32)34/h5-6,12-14,16,25,33H,2-4,7-11,15H2,1H3,(H,26,27,29,30). The van der Waals surface area contributed by atoms with Gasteiger partial charge in [0.2, 0.25) is 11.9 Å². The molecule has 34 heavy (non-hydrogen) atoms. The van der Waals surface area contributed by atoms with Gasteiger partial charge in [0.1, 0.15) is 11.3 Å². The lowest BCUT2D eigenvalue weighted by Gasteiger charge is -2.29. The number of piperidine rings is 1. The largest absolute Gasteiger partial charge is 0.393 e. The highest BCUT2D eigenvalue weighted by Gasteiger charge is 2.20. The summed E-state index contributed by atoms with van der Waals surface area (Å²) >= 11 is 0. The first-order chi connectivity index (χ1) is 16.6. The average molecular weight is 463 g/mol. The van der Waals surface area contributed by atoms with E-state index in [-0.39, 0.29) is 5.91 Å². The lowest BCUT2D eigenvalue weighted by molar-refractivity contribution is -0.118. The normalized spacial score (nSPS) is 17.8. The van der Waals surface area contributed by atoms with Crippen molar-refractivity contribution in [3.63, 3.8) is 0 Å². The van der Waals surface area contributed by atoms with Crippen LogP contribution in [0.3, 0.4) is 0 Å². The highest BCUT2D eigenvalue weighted by atomic mass is 16.3. The average Bonchev–Trinajstić information content (AvgIpc) is 2.85. The second kappa shape index (κ2) is 9.86. The predicted molar refractivity (Wildman–Crippen MR) is 132 cm³/mol. The molecule has 2 aliphatic heterocycles. The molecule has 10 nitrogen and oxygen atoms in total. The molecule has 2 saturated heterocycles. The topological polar surface area (TPSA) is 119 Å². The summed E-state index contributed by atoms with van der Waals surface area (Å²) in [6, 6.07) is 5.66. The highest BCUT2D eigenvalue weighted by Crippen LogP contribution is 2.28. The number of piperazine rings is 1. The third-order valence-electron chi connectivity index (χ3n) is 6.15. The Hall–Kier alpha value is -3.37. The van der Waals surface area contributed by atoms with Crippen LogP contribution in [-0.4, -0.2) is 69.8 Å². The maximum atomic E-state index is 12.1. The number of hydrogen-bond donors (Lipinski definition) is 3. The van der Waals surface area contributed by atoms with Gasteiger partial charge in [0.05, 0.1) is 24.5 Å². The monoisotopic (exact) mass is 462 g/mol. The van der Waals surface area contributed by atoms with Crippen molar-refractivity contribution in [1.29, 1.82) is 0 Å². The molecular formula is C24H30N8O2. The summed E-state index contributed by atoms with van der Waals surface area (Å²) in [4.78, 5) is 34.8. The number of pyridine rings is 2. The van der Waals surface area contributed by atoms with E-state index in [0.29, 0.717) is 31.3 Å². The Morgan fingerprint density at radius 3 is 2.71 bits per heavy atom. The Labute approximate surface area is 198 Å². The van der Waals surface area contributed by atoms with E-state index in [0.717, 1.165) is 60.6 Å². The zero-order chi connectivity index (χ0) is 23.5. The number of nitrogens with one attached hydrogen (secondary N) is 2. The first-order valence-corrected chi connectivity index (χ1v) is 11.9. The summed E-state index contributed by atoms with van der Waals surface area (Å²) < 4.78 is 0. The van der Waals surface area contributed by atoms with Crippen molar-refractivity contribution in [2.75, 3.05) is 47.8 Å². The second-order valence-corrected chi connectivity index (χ2v) is 8.92. The van der Waals surface area contributed by atoms with Crippen LogP contribution < -0.4 is 20.4 Å². The molecule has 0 radical (unpaired) electrons. The van der Waals surface area contributed by atoms with Gasteiger partial charge in [0.15, 0.2) is 5.82 Å². The minimum atomic E-state index is -0.466. The molecule has 0 bridgehead atoms. The summed E-state index contributed by atoms with van der Waals surface area (Å²) in [5.74, 6) is 1.93. The number of nitrogens with zero attached hydrogens (tertiary/aromatic N) is 6. The van der Waals surface area contributed by atoms with Crippen LogP contribution in [0.25, 0.3) is 10.9 Å². The van der Waals surface area contributed by atoms with E-state index in [4.69, 9.17) is 9.97 Å². The number of rotatable bonds is 6. The fraction of sp³-hybridized carbons (Fsp3) is 0.458. The number of fused-ring (bicyclic) bond motifs is 1. The molecule has 3 aromatic rings. The molecule has 178 valence electrons. The molecule has 2 fully saturated rings. The third-order valence-corrected chi connectivity index (χ3v) is 6.15. The van der Waals surface area contributed by atoms with E-state index in [2.05, 4.69) is 25.5 Å². The fourth-order valence-electron chi connectivity index (χ4n) is 4.48. The molecule has 3 N–H and O–H groups in total. The molecule has 5 rings (SSSR count). The molecule has 3 aromatic heterocycles. The van der Waals surface area contributed by atoms with Crippen LogP contribution in [0.4, 0.5) is 23.3 Å². The van der Waals surface area contributed by atoms with Crippen molar-refractivity contribution in [1.82, 2.24) is 25.3 Å². The number of anilines is 4. The highest BCUT2D eigenvalue weighted by molar-refractivity contribution is 5.95. The van der Waals surface area contributed by atoms with Gasteiger partial charge in [-0.15, -0.1) is 0 Å². The number of carbonyl (C=O) groups is 1. The van der Waals surface area contributed by atoms with E-state index < -0.39 is 6.10 Å². The molecule has 0 saturated carbocycles. The number of aromatic nitrogens is 4. The Morgan fingerprint density at radius 2 is 1.97 bits per heavy atom. The predicted octanol–water partition coefficient (Wildman–Crippen LogP) is 2.01. The van der Waals surface area contributed by atoms with Crippen molar-refractivity contribution in [3.05, 3.63) is 36.3 Å². The minimum Gasteiger partial charge on any atom is -0.393 e. The molecule has 5 heterocycles. The van der Waals surface area contributed by atoms with Gasteiger partial charge in [0.25, 0.3) is 0 Å². The summed E-state index contributed by atoms with van der Waals surface area (Å²) in [5.41, 5.74) is 2.41. The number of aliphatic hydroxyl groups is 1. The van der Waals surface area contributed by atoms with Gasteiger partial charge in [0, 0.05) is 49.9 Å². The lowest BCUT2D eigenvalue weighted by atomic mass is 10.1. The van der Waals surface area contributed by atoms with Crippen LogP contribution in [0.2, 0.25) is 0 Å². The molecule has 0 aromatic carbocycles. The molecule has 0 aliphatic carbocycles. The molecule has 0 spiro atoms. The van der Waals surface area contributed by atoms with Crippen molar-refractivity contribution >= 4 is 40.1 Å². The molecule has 10 heteroatoms. The van der Waals surface area contributed by atoms with Gasteiger partial charge < -0.3 is 25.5 Å². The Kier molecular flexibility index (Phi) is 6.50. The van der Waals surface area contributed by atoms with Crippen LogP contribution in [0.1, 0.15) is 31.9 Å². The molecule has 1 amide bonds. The van der Waals surface area contributed by atoms with Crippen molar-refractivity contribution in [2.45, 2.75) is 38.7 Å². The van der Waals surface area contributed by atoms with E-state index in [1.807, 2.05) is 18.2 Å². The molecule has 2 aliphatic rings. The quantitative estimate of drug-likeness (QED) is 0.505. The van der Waals surface area contributed by atoms with E-state index in [9.17, 15) is 9.90 Å². The van der Waals surface area contributed by atoms with E-state index in [1.54, 1.807) is 24.2 Å². The zero-order valence-corrected chi connectivity index (χ0v) is 19.4. The van der Waals surface area contributed by atoms with E-state index >= 15 is 0 Å². The van der Waals surface area contributed by atoms with Crippen LogP contribution >= 0.6 is 0 Å². The fourth-order valence-corrected chi connectivity index (χ4v) is 4.48. The van der Waals surface area contributed by atoms with Crippen LogP contribution in [0.15, 0.2) is 30.6 Å². The summed E-state index contributed by atoms with van der Waals surface area (Å²) in [6.07, 6.45) is 6.99. The zero-order valence-electron chi connectivity index (χ0n) is 19.4. The van der Waals surface area contributed by atoms with Gasteiger partial charge in [-0.3, -0.25) is 4.79 Å².